The summed E-state index contributed by atoms with van der Waals surface area (Å²) in [5.41, 5.74) is 1.74. The molecule has 1 saturated heterocycles. The number of amides is 1. The second-order valence-electron chi connectivity index (χ2n) is 7.02. The summed E-state index contributed by atoms with van der Waals surface area (Å²) in [6.07, 6.45) is 1.74. The van der Waals surface area contributed by atoms with Crippen molar-refractivity contribution in [2.75, 3.05) is 19.1 Å². The third-order valence-corrected chi connectivity index (χ3v) is 6.50. The van der Waals surface area contributed by atoms with Crippen LogP contribution < -0.4 is 19.1 Å². The maximum absolute atomic E-state index is 13.0. The number of nitrogens with zero attached hydrogens (tertiary/aromatic N) is 1. The van der Waals surface area contributed by atoms with Crippen LogP contribution in [0.4, 0.5) is 5.69 Å². The molecule has 1 aliphatic rings. The minimum Gasteiger partial charge on any atom is -0.497 e. The topological polar surface area (TPSA) is 65.1 Å². The molecule has 1 fully saturated rings. The molecule has 4 rings (SSSR count). The van der Waals surface area contributed by atoms with E-state index in [0.717, 1.165) is 5.56 Å². The minimum atomic E-state index is -0.477. The van der Waals surface area contributed by atoms with Gasteiger partial charge in [0, 0.05) is 0 Å². The zero-order valence-electron chi connectivity index (χ0n) is 18.1. The first-order chi connectivity index (χ1) is 16.4. The van der Waals surface area contributed by atoms with Crippen molar-refractivity contribution in [1.82, 2.24) is 0 Å². The third-order valence-electron chi connectivity index (χ3n) is 4.90. The molecule has 3 aromatic carbocycles. The van der Waals surface area contributed by atoms with E-state index in [-0.39, 0.29) is 5.91 Å². The fourth-order valence-electron chi connectivity index (χ4n) is 3.16. The molecule has 0 radical (unpaired) electrons. The Morgan fingerprint density at radius 1 is 0.971 bits per heavy atom. The van der Waals surface area contributed by atoms with Crippen molar-refractivity contribution < 1.29 is 23.8 Å². The molecule has 9 heteroatoms. The lowest BCUT2D eigenvalue weighted by Crippen LogP contribution is -2.27. The summed E-state index contributed by atoms with van der Waals surface area (Å²) in [7, 11) is 3.08. The van der Waals surface area contributed by atoms with Gasteiger partial charge in [-0.2, -0.15) is 0 Å². The molecule has 0 N–H and O–H groups in total. The molecule has 0 atom stereocenters. The Hall–Kier alpha value is -3.33. The van der Waals surface area contributed by atoms with Crippen molar-refractivity contribution in [1.29, 1.82) is 0 Å². The van der Waals surface area contributed by atoms with Crippen LogP contribution in [0.3, 0.4) is 0 Å². The summed E-state index contributed by atoms with van der Waals surface area (Å²) in [5, 5.41) is 0.387. The third kappa shape index (κ3) is 5.09. The highest BCUT2D eigenvalue weighted by Crippen LogP contribution is 2.38. The van der Waals surface area contributed by atoms with Gasteiger partial charge in [0.2, 0.25) is 0 Å². The van der Waals surface area contributed by atoms with Crippen molar-refractivity contribution in [3.8, 4) is 17.2 Å². The van der Waals surface area contributed by atoms with Gasteiger partial charge in [-0.05, 0) is 66.2 Å². The molecule has 0 aliphatic carbocycles. The minimum absolute atomic E-state index is 0.244. The number of hydrogen-bond donors (Lipinski definition) is 0. The highest BCUT2D eigenvalue weighted by atomic mass is 35.5. The van der Waals surface area contributed by atoms with Crippen LogP contribution in [0.1, 0.15) is 15.9 Å². The predicted octanol–water partition coefficient (Wildman–Crippen LogP) is 5.98. The van der Waals surface area contributed by atoms with Gasteiger partial charge in [0.05, 0.1) is 35.4 Å². The van der Waals surface area contributed by atoms with Crippen molar-refractivity contribution in [2.24, 2.45) is 0 Å². The monoisotopic (exact) mass is 511 g/mol. The standard InChI is InChI=1S/C25H18ClNO5S2/c1-30-18-10-5-16(6-11-18)24(29)32-19-8-3-15(4-9-19)13-22-23(28)27(25(33)34-22)17-7-12-21(31-2)20(26)14-17/h3-14H,1-2H3/b22-13+. The zero-order chi connectivity index (χ0) is 24.2. The first-order valence-corrected chi connectivity index (χ1v) is 11.6. The van der Waals surface area contributed by atoms with Gasteiger partial charge in [0.25, 0.3) is 5.91 Å². The number of methoxy groups -OCH3 is 2. The van der Waals surface area contributed by atoms with Crippen LogP contribution in [-0.2, 0) is 4.79 Å². The normalized spacial score (nSPS) is 14.4. The van der Waals surface area contributed by atoms with Gasteiger partial charge in [-0.1, -0.05) is 47.7 Å². The summed E-state index contributed by atoms with van der Waals surface area (Å²) in [5.74, 6) is 0.833. The van der Waals surface area contributed by atoms with Gasteiger partial charge in [-0.25, -0.2) is 4.79 Å². The number of carbonyl (C=O) groups is 2. The summed E-state index contributed by atoms with van der Waals surface area (Å²) < 4.78 is 16.1. The van der Waals surface area contributed by atoms with Gasteiger partial charge >= 0.3 is 5.97 Å². The van der Waals surface area contributed by atoms with E-state index in [1.54, 1.807) is 79.9 Å². The number of halogens is 1. The Labute approximate surface area is 211 Å². The zero-order valence-corrected chi connectivity index (χ0v) is 20.5. The number of carbonyl (C=O) groups excluding carboxylic acids is 2. The van der Waals surface area contributed by atoms with E-state index in [2.05, 4.69) is 0 Å². The summed E-state index contributed by atoms with van der Waals surface area (Å²) in [6, 6.07) is 18.5. The van der Waals surface area contributed by atoms with E-state index in [0.29, 0.717) is 42.7 Å². The Kier molecular flexibility index (Phi) is 7.21. The van der Waals surface area contributed by atoms with Crippen LogP contribution in [0.2, 0.25) is 5.02 Å². The number of anilines is 1. The highest BCUT2D eigenvalue weighted by Gasteiger charge is 2.33. The first kappa shape index (κ1) is 23.8. The van der Waals surface area contributed by atoms with Crippen molar-refractivity contribution in [2.45, 2.75) is 0 Å². The lowest BCUT2D eigenvalue weighted by atomic mass is 10.2. The van der Waals surface area contributed by atoms with E-state index >= 15 is 0 Å². The fraction of sp³-hybridized carbons (Fsp3) is 0.0800. The van der Waals surface area contributed by atoms with Crippen molar-refractivity contribution in [3.63, 3.8) is 0 Å². The van der Waals surface area contributed by atoms with Gasteiger partial charge < -0.3 is 14.2 Å². The molecule has 1 heterocycles. The molecule has 34 heavy (non-hydrogen) atoms. The Bertz CT molecular complexity index is 1290. The van der Waals surface area contributed by atoms with Gasteiger partial charge in [-0.15, -0.1) is 0 Å². The Morgan fingerprint density at radius 2 is 1.65 bits per heavy atom. The smallest absolute Gasteiger partial charge is 0.343 e. The van der Waals surface area contributed by atoms with Crippen LogP contribution in [0, 0.1) is 0 Å². The van der Waals surface area contributed by atoms with Crippen LogP contribution in [0.15, 0.2) is 71.6 Å². The van der Waals surface area contributed by atoms with Crippen molar-refractivity contribution >= 4 is 63.5 Å². The van der Waals surface area contributed by atoms with Crippen LogP contribution >= 0.6 is 35.6 Å². The summed E-state index contributed by atoms with van der Waals surface area (Å²) >= 11 is 12.8. The molecule has 1 aliphatic heterocycles. The molecule has 6 nitrogen and oxygen atoms in total. The number of esters is 1. The lowest BCUT2D eigenvalue weighted by molar-refractivity contribution is -0.113. The molecule has 0 spiro atoms. The maximum atomic E-state index is 13.0. The average molecular weight is 512 g/mol. The second kappa shape index (κ2) is 10.3. The van der Waals surface area contributed by atoms with E-state index in [1.807, 2.05) is 0 Å². The van der Waals surface area contributed by atoms with Gasteiger partial charge in [0.15, 0.2) is 4.32 Å². The SMILES string of the molecule is COc1ccc(C(=O)Oc2ccc(/C=C3/SC(=S)N(c4ccc(OC)c(Cl)c4)C3=O)cc2)cc1. The Balaban J connectivity index is 1.46. The molecule has 1 amide bonds. The maximum Gasteiger partial charge on any atom is 0.343 e. The van der Waals surface area contributed by atoms with Gasteiger partial charge in [0.1, 0.15) is 17.2 Å². The van der Waals surface area contributed by atoms with E-state index in [1.165, 1.54) is 23.8 Å². The van der Waals surface area contributed by atoms with Crippen LogP contribution in [-0.4, -0.2) is 30.4 Å². The molecule has 172 valence electrons. The average Bonchev–Trinajstić information content (AvgIpc) is 3.12. The number of ether oxygens (including phenoxy) is 3. The summed E-state index contributed by atoms with van der Waals surface area (Å²) in [6.45, 7) is 0. The molecular formula is C25H18ClNO5S2. The molecule has 0 saturated carbocycles. The number of rotatable bonds is 6. The highest BCUT2D eigenvalue weighted by molar-refractivity contribution is 8.27. The number of thiocarbonyl (C=S) groups is 1. The molecule has 0 aromatic heterocycles. The molecule has 3 aromatic rings. The second-order valence-corrected chi connectivity index (χ2v) is 9.11. The number of hydrogen-bond acceptors (Lipinski definition) is 7. The molecule has 0 unspecified atom stereocenters. The predicted molar refractivity (Wildman–Crippen MR) is 138 cm³/mol. The Morgan fingerprint density at radius 3 is 2.26 bits per heavy atom. The summed E-state index contributed by atoms with van der Waals surface area (Å²) in [4.78, 5) is 27.2. The first-order valence-electron chi connectivity index (χ1n) is 9.97. The quantitative estimate of drug-likeness (QED) is 0.174. The van der Waals surface area contributed by atoms with Gasteiger partial charge in [-0.3, -0.25) is 9.69 Å². The number of thioether (sulfide) groups is 1. The van der Waals surface area contributed by atoms with Crippen LogP contribution in [0.5, 0.6) is 17.2 Å². The van der Waals surface area contributed by atoms with E-state index < -0.39 is 5.97 Å². The van der Waals surface area contributed by atoms with E-state index in [9.17, 15) is 9.59 Å². The largest absolute Gasteiger partial charge is 0.497 e. The molecule has 0 bridgehead atoms. The molecular weight excluding hydrogens is 494 g/mol. The van der Waals surface area contributed by atoms with E-state index in [4.69, 9.17) is 38.0 Å². The number of benzene rings is 3. The van der Waals surface area contributed by atoms with Crippen molar-refractivity contribution in [3.05, 3.63) is 87.8 Å². The fourth-order valence-corrected chi connectivity index (χ4v) is 4.71. The lowest BCUT2D eigenvalue weighted by Gasteiger charge is -2.15. The van der Waals surface area contributed by atoms with Crippen LogP contribution in [0.25, 0.3) is 6.08 Å².